The van der Waals surface area contributed by atoms with Crippen LogP contribution < -0.4 is 10.2 Å². The maximum atomic E-state index is 12.6. The van der Waals surface area contributed by atoms with Gasteiger partial charge in [0.25, 0.3) is 5.91 Å². The fourth-order valence-corrected chi connectivity index (χ4v) is 5.56. The van der Waals surface area contributed by atoms with Gasteiger partial charge in [0.2, 0.25) is 0 Å². The average Bonchev–Trinajstić information content (AvgIpc) is 3.31. The summed E-state index contributed by atoms with van der Waals surface area (Å²) in [4.78, 5) is 35.6. The van der Waals surface area contributed by atoms with Gasteiger partial charge in [0.15, 0.2) is 10.9 Å². The third-order valence-electron chi connectivity index (χ3n) is 6.06. The second-order valence-corrected chi connectivity index (χ2v) is 10.0. The van der Waals surface area contributed by atoms with Crippen molar-refractivity contribution < 1.29 is 14.3 Å². The number of hydrogen-bond donors (Lipinski definition) is 2. The first-order valence-corrected chi connectivity index (χ1v) is 11.4. The molecule has 1 fully saturated rings. The molecule has 0 radical (unpaired) electrons. The van der Waals surface area contributed by atoms with E-state index in [0.29, 0.717) is 18.8 Å². The maximum absolute atomic E-state index is 12.6. The highest BCUT2D eigenvalue weighted by atomic mass is 32.1. The summed E-state index contributed by atoms with van der Waals surface area (Å²) >= 11 is 1.47. The first kappa shape index (κ1) is 20.2. The molecule has 1 atom stereocenters. The number of thiazole rings is 1. The Labute approximate surface area is 184 Å². The number of Topliss-reactive ketones (excluding diaryl/α,β-unsaturated/α-hetero) is 1. The normalized spacial score (nSPS) is 20.5. The molecular formula is C23H26N4O3S. The topological polar surface area (TPSA) is 87.3 Å². The zero-order valence-electron chi connectivity index (χ0n) is 17.9. The number of ether oxygens (including phenoxy) is 1. The fourth-order valence-electron chi connectivity index (χ4n) is 4.48. The van der Waals surface area contributed by atoms with Gasteiger partial charge in [0.05, 0.1) is 24.9 Å². The molecule has 2 N–H and O–H groups in total. The summed E-state index contributed by atoms with van der Waals surface area (Å²) in [6, 6.07) is 5.89. The van der Waals surface area contributed by atoms with E-state index >= 15 is 0 Å². The molecule has 0 aliphatic carbocycles. The highest BCUT2D eigenvalue weighted by Crippen LogP contribution is 2.34. The van der Waals surface area contributed by atoms with Crippen LogP contribution in [0.5, 0.6) is 0 Å². The number of aromatic amines is 1. The zero-order valence-corrected chi connectivity index (χ0v) is 18.8. The SMILES string of the molecule is CC(=O)c1ccc2[nH]cc(C[C@H]3COCCN3c3nc4c(s3)C(=O)NC(C)(C)C4)c2c1. The van der Waals surface area contributed by atoms with Crippen LogP contribution in [0.3, 0.4) is 0 Å². The molecule has 2 aromatic heterocycles. The summed E-state index contributed by atoms with van der Waals surface area (Å²) in [5.74, 6) is 0.0273. The molecule has 4 heterocycles. The van der Waals surface area contributed by atoms with Crippen molar-refractivity contribution in [1.29, 1.82) is 0 Å². The van der Waals surface area contributed by atoms with E-state index < -0.39 is 0 Å². The van der Waals surface area contributed by atoms with Gasteiger partial charge in [-0.1, -0.05) is 11.3 Å². The van der Waals surface area contributed by atoms with Gasteiger partial charge in [0.1, 0.15) is 4.88 Å². The number of anilines is 1. The Hall–Kier alpha value is -2.71. The van der Waals surface area contributed by atoms with Crippen LogP contribution in [-0.2, 0) is 17.6 Å². The molecule has 0 saturated carbocycles. The van der Waals surface area contributed by atoms with Crippen molar-refractivity contribution in [3.8, 4) is 0 Å². The highest BCUT2D eigenvalue weighted by molar-refractivity contribution is 7.17. The van der Waals surface area contributed by atoms with E-state index in [9.17, 15) is 9.59 Å². The Bertz CT molecular complexity index is 1180. The molecule has 0 bridgehead atoms. The largest absolute Gasteiger partial charge is 0.377 e. The molecule has 2 aliphatic rings. The van der Waals surface area contributed by atoms with Crippen molar-refractivity contribution in [2.45, 2.75) is 45.2 Å². The van der Waals surface area contributed by atoms with Crippen LogP contribution in [0.25, 0.3) is 10.9 Å². The van der Waals surface area contributed by atoms with Gasteiger partial charge in [-0.15, -0.1) is 0 Å². The third kappa shape index (κ3) is 3.74. The second-order valence-electron chi connectivity index (χ2n) is 9.04. The minimum absolute atomic E-state index is 0.0341. The van der Waals surface area contributed by atoms with Crippen LogP contribution in [0, 0.1) is 0 Å². The van der Waals surface area contributed by atoms with Crippen molar-refractivity contribution in [2.24, 2.45) is 0 Å². The van der Waals surface area contributed by atoms with Crippen LogP contribution in [0.4, 0.5) is 5.13 Å². The zero-order chi connectivity index (χ0) is 21.8. The van der Waals surface area contributed by atoms with Gasteiger partial charge in [0, 0.05) is 41.2 Å². The van der Waals surface area contributed by atoms with Crippen molar-refractivity contribution >= 4 is 39.1 Å². The summed E-state index contributed by atoms with van der Waals surface area (Å²) in [5.41, 5.74) is 3.49. The number of morpholine rings is 1. The molecular weight excluding hydrogens is 412 g/mol. The Balaban J connectivity index is 1.45. The van der Waals surface area contributed by atoms with Gasteiger partial charge < -0.3 is 19.9 Å². The van der Waals surface area contributed by atoms with E-state index in [2.05, 4.69) is 15.2 Å². The molecule has 2 aliphatic heterocycles. The first-order chi connectivity index (χ1) is 14.8. The molecule has 162 valence electrons. The molecule has 7 nitrogen and oxygen atoms in total. The van der Waals surface area contributed by atoms with E-state index in [4.69, 9.17) is 9.72 Å². The maximum Gasteiger partial charge on any atom is 0.263 e. The quantitative estimate of drug-likeness (QED) is 0.610. The number of nitrogens with one attached hydrogen (secondary N) is 2. The lowest BCUT2D eigenvalue weighted by Gasteiger charge is -2.35. The van der Waals surface area contributed by atoms with E-state index in [-0.39, 0.29) is 23.3 Å². The predicted octanol–water partition coefficient (Wildman–Crippen LogP) is 3.34. The predicted molar refractivity (Wildman–Crippen MR) is 121 cm³/mol. The van der Waals surface area contributed by atoms with Crippen molar-refractivity contribution in [3.63, 3.8) is 0 Å². The van der Waals surface area contributed by atoms with Crippen LogP contribution in [0.15, 0.2) is 24.4 Å². The molecule has 8 heteroatoms. The minimum Gasteiger partial charge on any atom is -0.377 e. The van der Waals surface area contributed by atoms with Crippen LogP contribution in [0.2, 0.25) is 0 Å². The summed E-state index contributed by atoms with van der Waals surface area (Å²) in [6.45, 7) is 7.62. The number of fused-ring (bicyclic) bond motifs is 2. The number of aromatic nitrogens is 2. The smallest absolute Gasteiger partial charge is 0.263 e. The number of carbonyl (C=O) groups excluding carboxylic acids is 2. The number of hydrogen-bond acceptors (Lipinski definition) is 6. The Morgan fingerprint density at radius 2 is 2.23 bits per heavy atom. The number of benzene rings is 1. The standard InChI is InChI=1S/C23H26N4O3S/c1-13(28)14-4-5-18-17(9-14)15(11-24-18)8-16-12-30-7-6-27(16)22-25-19-10-23(2,3)26-21(29)20(19)31-22/h4-5,9,11,16,24H,6-8,10,12H2,1-3H3,(H,26,29)/t16-/m0/s1. The van der Waals surface area contributed by atoms with E-state index in [0.717, 1.165) is 51.6 Å². The minimum atomic E-state index is -0.279. The summed E-state index contributed by atoms with van der Waals surface area (Å²) < 4.78 is 5.80. The summed E-state index contributed by atoms with van der Waals surface area (Å²) in [5, 5.41) is 5.02. The van der Waals surface area contributed by atoms with E-state index in [1.54, 1.807) is 6.92 Å². The van der Waals surface area contributed by atoms with Crippen LogP contribution in [0.1, 0.15) is 52.1 Å². The van der Waals surface area contributed by atoms with Gasteiger partial charge in [-0.3, -0.25) is 9.59 Å². The summed E-state index contributed by atoms with van der Waals surface area (Å²) in [7, 11) is 0. The Kier molecular flexibility index (Phi) is 4.86. The van der Waals surface area contributed by atoms with E-state index in [1.807, 2.05) is 38.2 Å². The molecule has 0 unspecified atom stereocenters. The first-order valence-electron chi connectivity index (χ1n) is 10.6. The lowest BCUT2D eigenvalue weighted by atomic mass is 9.94. The Morgan fingerprint density at radius 1 is 1.39 bits per heavy atom. The van der Waals surface area contributed by atoms with Crippen molar-refractivity contribution in [3.05, 3.63) is 46.1 Å². The number of ketones is 1. The van der Waals surface area contributed by atoms with Crippen LogP contribution in [-0.4, -0.2) is 53.0 Å². The van der Waals surface area contributed by atoms with Gasteiger partial charge in [-0.25, -0.2) is 4.98 Å². The van der Waals surface area contributed by atoms with Gasteiger partial charge in [-0.05, 0) is 51.0 Å². The lowest BCUT2D eigenvalue weighted by molar-refractivity contribution is 0.0899. The monoisotopic (exact) mass is 438 g/mol. The number of carbonyl (C=O) groups is 2. The molecule has 1 amide bonds. The van der Waals surface area contributed by atoms with Gasteiger partial charge in [-0.2, -0.15) is 0 Å². The second kappa shape index (κ2) is 7.46. The highest BCUT2D eigenvalue weighted by Gasteiger charge is 2.35. The number of amides is 1. The third-order valence-corrected chi connectivity index (χ3v) is 7.19. The number of H-pyrrole nitrogens is 1. The average molecular weight is 439 g/mol. The van der Waals surface area contributed by atoms with E-state index in [1.165, 1.54) is 11.3 Å². The number of rotatable bonds is 4. The molecule has 0 spiro atoms. The van der Waals surface area contributed by atoms with Crippen molar-refractivity contribution in [1.82, 2.24) is 15.3 Å². The van der Waals surface area contributed by atoms with Gasteiger partial charge >= 0.3 is 0 Å². The molecule has 1 saturated heterocycles. The molecule has 3 aromatic rings. The lowest BCUT2D eigenvalue weighted by Crippen LogP contribution is -2.48. The fraction of sp³-hybridized carbons (Fsp3) is 0.435. The number of nitrogens with zero attached hydrogens (tertiary/aromatic N) is 2. The van der Waals surface area contributed by atoms with Crippen molar-refractivity contribution in [2.75, 3.05) is 24.7 Å². The molecule has 5 rings (SSSR count). The van der Waals surface area contributed by atoms with Crippen LogP contribution >= 0.6 is 11.3 Å². The molecule has 1 aromatic carbocycles. The Morgan fingerprint density at radius 3 is 3.03 bits per heavy atom. The molecule has 31 heavy (non-hydrogen) atoms. The summed E-state index contributed by atoms with van der Waals surface area (Å²) in [6.07, 6.45) is 3.52.